The molecule has 1 aromatic carbocycles. The molecule has 5 heteroatoms. The van der Waals surface area contributed by atoms with Crippen molar-refractivity contribution in [2.45, 2.75) is 12.5 Å². The van der Waals surface area contributed by atoms with Crippen molar-refractivity contribution >= 4 is 11.7 Å². The van der Waals surface area contributed by atoms with Gasteiger partial charge >= 0.3 is 5.97 Å². The normalized spacial score (nSPS) is 16.0. The zero-order valence-corrected chi connectivity index (χ0v) is 8.84. The molecule has 1 aliphatic heterocycles. The standard InChI is InChI=1S/C11H13NO4/c1-12-5-4-6-8(12)3-2-7(9(6)13)10(14)11(15)16/h2-3,10,13-14H,4-5H2,1H3,(H,15,16). The number of rotatable bonds is 2. The largest absolute Gasteiger partial charge is 0.507 e. The topological polar surface area (TPSA) is 81.0 Å². The summed E-state index contributed by atoms with van der Waals surface area (Å²) in [6.07, 6.45) is -1.01. The Balaban J connectivity index is 2.48. The maximum atomic E-state index is 10.6. The SMILES string of the molecule is CN1CCc2c1ccc(C(O)C(=O)O)c2O. The van der Waals surface area contributed by atoms with Gasteiger partial charge in [0.15, 0.2) is 6.10 Å². The number of aromatic hydroxyl groups is 1. The van der Waals surface area contributed by atoms with E-state index in [-0.39, 0.29) is 11.3 Å². The van der Waals surface area contributed by atoms with E-state index in [1.165, 1.54) is 6.07 Å². The first-order valence-corrected chi connectivity index (χ1v) is 4.99. The number of carboxylic acid groups (broad SMARTS) is 1. The van der Waals surface area contributed by atoms with E-state index in [0.29, 0.717) is 12.0 Å². The minimum absolute atomic E-state index is 0.0570. The van der Waals surface area contributed by atoms with Crippen molar-refractivity contribution in [2.75, 3.05) is 18.5 Å². The number of fused-ring (bicyclic) bond motifs is 1. The van der Waals surface area contributed by atoms with Gasteiger partial charge in [-0.15, -0.1) is 0 Å². The van der Waals surface area contributed by atoms with E-state index in [4.69, 9.17) is 5.11 Å². The molecule has 0 spiro atoms. The Morgan fingerprint density at radius 2 is 2.19 bits per heavy atom. The van der Waals surface area contributed by atoms with Crippen LogP contribution in [0.15, 0.2) is 12.1 Å². The second-order valence-corrected chi connectivity index (χ2v) is 3.91. The quantitative estimate of drug-likeness (QED) is 0.680. The van der Waals surface area contributed by atoms with Crippen LogP contribution in [0.1, 0.15) is 17.2 Å². The smallest absolute Gasteiger partial charge is 0.337 e. The lowest BCUT2D eigenvalue weighted by Gasteiger charge is -2.15. The lowest BCUT2D eigenvalue weighted by atomic mass is 10.0. The molecule has 0 radical (unpaired) electrons. The number of carboxylic acids is 1. The number of hydrogen-bond acceptors (Lipinski definition) is 4. The number of benzene rings is 1. The van der Waals surface area contributed by atoms with E-state index >= 15 is 0 Å². The molecule has 0 saturated heterocycles. The summed E-state index contributed by atoms with van der Waals surface area (Å²) in [5.74, 6) is -1.46. The van der Waals surface area contributed by atoms with Gasteiger partial charge in [0.05, 0.1) is 0 Å². The van der Waals surface area contributed by atoms with Crippen molar-refractivity contribution < 1.29 is 20.1 Å². The third-order valence-electron chi connectivity index (χ3n) is 2.93. The summed E-state index contributed by atoms with van der Waals surface area (Å²) in [7, 11) is 1.90. The average Bonchev–Trinajstić information content (AvgIpc) is 2.61. The number of aliphatic hydroxyl groups is 1. The van der Waals surface area contributed by atoms with Gasteiger partial charge in [-0.1, -0.05) is 6.07 Å². The highest BCUT2D eigenvalue weighted by molar-refractivity contribution is 5.77. The number of phenolic OH excluding ortho intramolecular Hbond substituents is 1. The third-order valence-corrected chi connectivity index (χ3v) is 2.93. The van der Waals surface area contributed by atoms with Crippen molar-refractivity contribution in [3.63, 3.8) is 0 Å². The molecule has 1 heterocycles. The number of carbonyl (C=O) groups is 1. The maximum absolute atomic E-state index is 10.6. The number of phenols is 1. The molecule has 1 atom stereocenters. The minimum Gasteiger partial charge on any atom is -0.507 e. The summed E-state index contributed by atoms with van der Waals surface area (Å²) < 4.78 is 0. The van der Waals surface area contributed by atoms with E-state index in [1.807, 2.05) is 11.9 Å². The van der Waals surface area contributed by atoms with Crippen LogP contribution in [0.2, 0.25) is 0 Å². The Labute approximate surface area is 92.6 Å². The van der Waals surface area contributed by atoms with Gasteiger partial charge in [-0.25, -0.2) is 4.79 Å². The molecular formula is C11H13NO4. The summed E-state index contributed by atoms with van der Waals surface area (Å²) in [4.78, 5) is 12.6. The zero-order chi connectivity index (χ0) is 11.9. The Bertz CT molecular complexity index is 444. The van der Waals surface area contributed by atoms with Crippen LogP contribution in [-0.4, -0.2) is 34.9 Å². The molecule has 3 N–H and O–H groups in total. The molecule has 0 aromatic heterocycles. The third kappa shape index (κ3) is 1.49. The summed E-state index contributed by atoms with van der Waals surface area (Å²) in [6.45, 7) is 0.787. The lowest BCUT2D eigenvalue weighted by Crippen LogP contribution is -2.13. The second kappa shape index (κ2) is 3.68. The molecule has 86 valence electrons. The number of hydrogen-bond donors (Lipinski definition) is 3. The van der Waals surface area contributed by atoms with Crippen LogP contribution in [0.25, 0.3) is 0 Å². The van der Waals surface area contributed by atoms with E-state index in [0.717, 1.165) is 12.2 Å². The minimum atomic E-state index is -1.67. The van der Waals surface area contributed by atoms with Crippen LogP contribution in [0, 0.1) is 0 Å². The molecule has 0 aliphatic carbocycles. The van der Waals surface area contributed by atoms with E-state index in [9.17, 15) is 15.0 Å². The molecule has 2 rings (SSSR count). The first-order chi connectivity index (χ1) is 7.52. The molecule has 16 heavy (non-hydrogen) atoms. The Morgan fingerprint density at radius 1 is 1.50 bits per heavy atom. The lowest BCUT2D eigenvalue weighted by molar-refractivity contribution is -0.147. The first kappa shape index (κ1) is 10.8. The summed E-state index contributed by atoms with van der Waals surface area (Å²) in [5, 5.41) is 28.0. The van der Waals surface area contributed by atoms with Crippen LogP contribution in [0.3, 0.4) is 0 Å². The van der Waals surface area contributed by atoms with Crippen LogP contribution in [0.4, 0.5) is 5.69 Å². The van der Waals surface area contributed by atoms with E-state index in [2.05, 4.69) is 0 Å². The van der Waals surface area contributed by atoms with E-state index in [1.54, 1.807) is 6.07 Å². The summed E-state index contributed by atoms with van der Waals surface area (Å²) in [6, 6.07) is 3.18. The van der Waals surface area contributed by atoms with Gasteiger partial charge in [0.2, 0.25) is 0 Å². The van der Waals surface area contributed by atoms with Gasteiger partial charge in [0.25, 0.3) is 0 Å². The van der Waals surface area contributed by atoms with Gasteiger partial charge in [-0.3, -0.25) is 0 Å². The van der Waals surface area contributed by atoms with Gasteiger partial charge < -0.3 is 20.2 Å². The number of aliphatic carboxylic acids is 1. The molecule has 1 aliphatic rings. The maximum Gasteiger partial charge on any atom is 0.337 e. The number of anilines is 1. The first-order valence-electron chi connectivity index (χ1n) is 4.99. The average molecular weight is 223 g/mol. The fourth-order valence-electron chi connectivity index (χ4n) is 2.00. The van der Waals surface area contributed by atoms with E-state index < -0.39 is 12.1 Å². The second-order valence-electron chi connectivity index (χ2n) is 3.91. The van der Waals surface area contributed by atoms with Crippen LogP contribution in [0.5, 0.6) is 5.75 Å². The van der Waals surface area contributed by atoms with Crippen LogP contribution >= 0.6 is 0 Å². The van der Waals surface area contributed by atoms with Crippen molar-refractivity contribution in [2.24, 2.45) is 0 Å². The Morgan fingerprint density at radius 3 is 2.81 bits per heavy atom. The molecule has 0 saturated carbocycles. The fraction of sp³-hybridized carbons (Fsp3) is 0.364. The molecular weight excluding hydrogens is 210 g/mol. The molecule has 0 amide bonds. The highest BCUT2D eigenvalue weighted by atomic mass is 16.4. The zero-order valence-electron chi connectivity index (χ0n) is 8.84. The van der Waals surface area contributed by atoms with Crippen molar-refractivity contribution in [1.29, 1.82) is 0 Å². The molecule has 0 bridgehead atoms. The van der Waals surface area contributed by atoms with Gasteiger partial charge in [-0.2, -0.15) is 0 Å². The molecule has 1 aromatic rings. The van der Waals surface area contributed by atoms with Crippen molar-refractivity contribution in [3.8, 4) is 5.75 Å². The molecule has 0 fully saturated rings. The highest BCUT2D eigenvalue weighted by Crippen LogP contribution is 2.38. The predicted octanol–water partition coefficient (Wildman–Crippen LogP) is 0.502. The fourth-order valence-corrected chi connectivity index (χ4v) is 2.00. The Kier molecular flexibility index (Phi) is 2.47. The van der Waals surface area contributed by atoms with Gasteiger partial charge in [0, 0.05) is 30.4 Å². The Hall–Kier alpha value is -1.75. The highest BCUT2D eigenvalue weighted by Gasteiger charge is 2.26. The van der Waals surface area contributed by atoms with Crippen LogP contribution in [-0.2, 0) is 11.2 Å². The monoisotopic (exact) mass is 223 g/mol. The van der Waals surface area contributed by atoms with Crippen molar-refractivity contribution in [3.05, 3.63) is 23.3 Å². The summed E-state index contributed by atoms with van der Waals surface area (Å²) >= 11 is 0. The summed E-state index contributed by atoms with van der Waals surface area (Å²) in [5.41, 5.74) is 1.65. The van der Waals surface area contributed by atoms with Gasteiger partial charge in [-0.05, 0) is 12.5 Å². The van der Waals surface area contributed by atoms with Crippen LogP contribution < -0.4 is 4.90 Å². The molecule has 5 nitrogen and oxygen atoms in total. The number of aliphatic hydroxyl groups excluding tert-OH is 1. The number of nitrogens with zero attached hydrogens (tertiary/aromatic N) is 1. The molecule has 1 unspecified atom stereocenters. The number of likely N-dealkylation sites (N-methyl/N-ethyl adjacent to an activating group) is 1. The predicted molar refractivity (Wildman–Crippen MR) is 57.7 cm³/mol. The van der Waals surface area contributed by atoms with Gasteiger partial charge in [0.1, 0.15) is 5.75 Å². The van der Waals surface area contributed by atoms with Crippen molar-refractivity contribution in [1.82, 2.24) is 0 Å².